The Morgan fingerprint density at radius 2 is 1.89 bits per heavy atom. The van der Waals surface area contributed by atoms with Crippen LogP contribution in [0.4, 0.5) is 10.1 Å². The van der Waals surface area contributed by atoms with Crippen LogP contribution in [0.15, 0.2) is 78.5 Å². The Balaban J connectivity index is 1.51. The monoisotopic (exact) mass is 457 g/mol. The van der Waals surface area contributed by atoms with E-state index >= 15 is 0 Å². The molecular formula is C31H24FN3. The molecule has 4 aliphatic rings. The average molecular weight is 458 g/mol. The maximum atomic E-state index is 14.6. The Bertz CT molecular complexity index is 1540. The van der Waals surface area contributed by atoms with E-state index in [-0.39, 0.29) is 17.8 Å². The number of halogens is 1. The van der Waals surface area contributed by atoms with Gasteiger partial charge in [-0.1, -0.05) is 48.6 Å². The van der Waals surface area contributed by atoms with E-state index in [4.69, 9.17) is 0 Å². The zero-order chi connectivity index (χ0) is 23.5. The standard InChI is InChI=1S/C31H24FN3/c32-21-16-17-24-22-9-2-5-13-27(22)34(30(24)18-21)29-15-7-11-25-23-10-3-6-14-28(23)35(31(25)29)26-12-4-1-8-20(26)19-33/h1-2,4-8,11-14,16-18,22,29H,3,9-10,15H2. The second-order valence-corrected chi connectivity index (χ2v) is 9.60. The van der Waals surface area contributed by atoms with Crippen molar-refractivity contribution >= 4 is 17.8 Å². The molecule has 1 aliphatic heterocycles. The fraction of sp³-hybridized carbons (Fsp3) is 0.194. The summed E-state index contributed by atoms with van der Waals surface area (Å²) >= 11 is 0. The lowest BCUT2D eigenvalue weighted by Crippen LogP contribution is -2.29. The van der Waals surface area contributed by atoms with Crippen molar-refractivity contribution in [2.75, 3.05) is 4.90 Å². The van der Waals surface area contributed by atoms with E-state index in [1.165, 1.54) is 28.1 Å². The van der Waals surface area contributed by atoms with Gasteiger partial charge in [-0.15, -0.1) is 0 Å². The van der Waals surface area contributed by atoms with Crippen molar-refractivity contribution < 1.29 is 4.39 Å². The predicted molar refractivity (Wildman–Crippen MR) is 138 cm³/mol. The molecule has 7 rings (SSSR count). The molecule has 4 heteroatoms. The van der Waals surface area contributed by atoms with Crippen LogP contribution in [-0.4, -0.2) is 4.57 Å². The van der Waals surface area contributed by atoms with Crippen LogP contribution in [-0.2, 0) is 6.42 Å². The molecule has 0 amide bonds. The van der Waals surface area contributed by atoms with E-state index in [2.05, 4.69) is 58.1 Å². The summed E-state index contributed by atoms with van der Waals surface area (Å²) in [6.07, 6.45) is 19.2. The number of fused-ring (bicyclic) bond motifs is 6. The number of rotatable bonds is 2. The van der Waals surface area contributed by atoms with Crippen molar-refractivity contribution in [3.63, 3.8) is 0 Å². The predicted octanol–water partition coefficient (Wildman–Crippen LogP) is 7.35. The lowest BCUT2D eigenvalue weighted by atomic mass is 9.91. The first-order chi connectivity index (χ1) is 17.3. The lowest BCUT2D eigenvalue weighted by molar-refractivity contribution is 0.618. The van der Waals surface area contributed by atoms with Crippen molar-refractivity contribution in [3.05, 3.63) is 118 Å². The van der Waals surface area contributed by atoms with Crippen molar-refractivity contribution in [1.82, 2.24) is 4.57 Å². The van der Waals surface area contributed by atoms with Gasteiger partial charge in [-0.05, 0) is 73.2 Å². The largest absolute Gasteiger partial charge is 0.335 e. The fourth-order valence-corrected chi connectivity index (χ4v) is 6.39. The molecule has 3 aliphatic carbocycles. The zero-order valence-corrected chi connectivity index (χ0v) is 19.3. The van der Waals surface area contributed by atoms with Crippen LogP contribution in [0.1, 0.15) is 64.9 Å². The van der Waals surface area contributed by atoms with Gasteiger partial charge in [-0.25, -0.2) is 4.39 Å². The Morgan fingerprint density at radius 3 is 2.80 bits per heavy atom. The number of hydrogen-bond donors (Lipinski definition) is 0. The number of nitrogens with zero attached hydrogens (tertiary/aromatic N) is 3. The molecule has 2 atom stereocenters. The molecule has 0 bridgehead atoms. The van der Waals surface area contributed by atoms with Crippen LogP contribution in [0.3, 0.4) is 0 Å². The second kappa shape index (κ2) is 7.71. The van der Waals surface area contributed by atoms with E-state index in [9.17, 15) is 9.65 Å². The summed E-state index contributed by atoms with van der Waals surface area (Å²) in [5.74, 6) is 0.0363. The van der Waals surface area contributed by atoms with E-state index in [0.29, 0.717) is 5.56 Å². The van der Waals surface area contributed by atoms with E-state index in [1.807, 2.05) is 30.3 Å². The number of para-hydroxylation sites is 1. The molecule has 0 saturated carbocycles. The first-order valence-electron chi connectivity index (χ1n) is 12.3. The Kier molecular flexibility index (Phi) is 4.47. The minimum absolute atomic E-state index is 0.00375. The van der Waals surface area contributed by atoms with Gasteiger partial charge in [0, 0.05) is 28.6 Å². The van der Waals surface area contributed by atoms with E-state index in [1.54, 1.807) is 12.1 Å². The van der Waals surface area contributed by atoms with Gasteiger partial charge >= 0.3 is 0 Å². The van der Waals surface area contributed by atoms with Crippen LogP contribution in [0.5, 0.6) is 0 Å². The molecule has 0 fully saturated rings. The van der Waals surface area contributed by atoms with Crippen LogP contribution in [0.2, 0.25) is 0 Å². The van der Waals surface area contributed by atoms with Gasteiger partial charge in [0.15, 0.2) is 0 Å². The van der Waals surface area contributed by atoms with Gasteiger partial charge in [-0.3, -0.25) is 0 Å². The lowest BCUT2D eigenvalue weighted by Gasteiger charge is -2.35. The SMILES string of the molecule is N#Cc1ccccc1-n1c2c(c3c1C(N1C4=CC=CCC4c4ccc(F)cc41)CC=C3)CCC=C2. The highest BCUT2D eigenvalue weighted by Gasteiger charge is 2.41. The third-order valence-electron chi connectivity index (χ3n) is 7.80. The van der Waals surface area contributed by atoms with Gasteiger partial charge in [0.2, 0.25) is 0 Å². The molecule has 0 radical (unpaired) electrons. The molecule has 2 heterocycles. The zero-order valence-electron chi connectivity index (χ0n) is 19.3. The fourth-order valence-electron chi connectivity index (χ4n) is 6.39. The average Bonchev–Trinajstić information content (AvgIpc) is 3.41. The van der Waals surface area contributed by atoms with Gasteiger partial charge in [0.1, 0.15) is 11.9 Å². The minimum Gasteiger partial charge on any atom is -0.335 e. The van der Waals surface area contributed by atoms with Gasteiger partial charge in [-0.2, -0.15) is 5.26 Å². The molecule has 2 unspecified atom stereocenters. The van der Waals surface area contributed by atoms with Crippen molar-refractivity contribution in [2.24, 2.45) is 0 Å². The van der Waals surface area contributed by atoms with Gasteiger partial charge in [0.05, 0.1) is 23.0 Å². The molecule has 2 aromatic carbocycles. The van der Waals surface area contributed by atoms with Crippen molar-refractivity contribution in [3.8, 4) is 11.8 Å². The third-order valence-corrected chi connectivity index (χ3v) is 7.80. The van der Waals surface area contributed by atoms with Crippen LogP contribution < -0.4 is 4.90 Å². The number of hydrogen-bond acceptors (Lipinski definition) is 2. The molecule has 3 aromatic rings. The highest BCUT2D eigenvalue weighted by atomic mass is 19.1. The molecule has 0 N–H and O–H groups in total. The normalized spacial score (nSPS) is 21.1. The number of allylic oxidation sites excluding steroid dienone is 5. The summed E-state index contributed by atoms with van der Waals surface area (Å²) < 4.78 is 16.9. The van der Waals surface area contributed by atoms with E-state index in [0.717, 1.165) is 42.8 Å². The van der Waals surface area contributed by atoms with Gasteiger partial charge < -0.3 is 9.47 Å². The van der Waals surface area contributed by atoms with Crippen LogP contribution in [0.25, 0.3) is 17.8 Å². The first-order valence-corrected chi connectivity index (χ1v) is 12.3. The topological polar surface area (TPSA) is 32.0 Å². The summed E-state index contributed by atoms with van der Waals surface area (Å²) in [5.41, 5.74) is 9.90. The molecular weight excluding hydrogens is 433 g/mol. The number of benzene rings is 2. The number of aromatic nitrogens is 1. The Morgan fingerprint density at radius 1 is 0.971 bits per heavy atom. The highest BCUT2D eigenvalue weighted by Crippen LogP contribution is 2.53. The quantitative estimate of drug-likeness (QED) is 0.403. The summed E-state index contributed by atoms with van der Waals surface area (Å²) in [6, 6.07) is 15.5. The third kappa shape index (κ3) is 2.88. The summed E-state index contributed by atoms with van der Waals surface area (Å²) in [4.78, 5) is 2.37. The molecule has 35 heavy (non-hydrogen) atoms. The Hall–Kier alpha value is -4.10. The van der Waals surface area contributed by atoms with E-state index < -0.39 is 0 Å². The summed E-state index contributed by atoms with van der Waals surface area (Å²) in [7, 11) is 0. The molecule has 1 aromatic heterocycles. The highest BCUT2D eigenvalue weighted by molar-refractivity contribution is 5.76. The molecule has 3 nitrogen and oxygen atoms in total. The van der Waals surface area contributed by atoms with Crippen LogP contribution >= 0.6 is 0 Å². The molecule has 0 spiro atoms. The Labute approximate surface area is 204 Å². The number of anilines is 1. The van der Waals surface area contributed by atoms with Crippen LogP contribution in [0, 0.1) is 17.1 Å². The van der Waals surface area contributed by atoms with Gasteiger partial charge in [0.25, 0.3) is 0 Å². The summed E-state index contributed by atoms with van der Waals surface area (Å²) in [5, 5.41) is 9.95. The summed E-state index contributed by atoms with van der Waals surface area (Å²) in [6.45, 7) is 0. The number of nitriles is 1. The second-order valence-electron chi connectivity index (χ2n) is 9.60. The minimum atomic E-state index is -0.208. The first kappa shape index (κ1) is 20.3. The molecule has 0 saturated heterocycles. The smallest absolute Gasteiger partial charge is 0.125 e. The van der Waals surface area contributed by atoms with Crippen molar-refractivity contribution in [2.45, 2.75) is 37.6 Å². The molecule has 170 valence electrons. The maximum absolute atomic E-state index is 14.6. The van der Waals surface area contributed by atoms with Crippen molar-refractivity contribution in [1.29, 1.82) is 5.26 Å². The maximum Gasteiger partial charge on any atom is 0.125 e.